The summed E-state index contributed by atoms with van der Waals surface area (Å²) < 4.78 is 5.41. The first-order valence-corrected chi connectivity index (χ1v) is 9.56. The van der Waals surface area contributed by atoms with Gasteiger partial charge in [0, 0.05) is 17.8 Å². The molecule has 1 heterocycles. The largest absolute Gasteiger partial charge is 0.459 e. The molecule has 0 saturated carbocycles. The molecule has 0 radical (unpaired) electrons. The van der Waals surface area contributed by atoms with E-state index in [9.17, 15) is 19.7 Å². The number of benzene rings is 2. The van der Waals surface area contributed by atoms with Crippen molar-refractivity contribution in [1.29, 1.82) is 0 Å². The minimum atomic E-state index is -0.851. The molecule has 0 spiro atoms. The van der Waals surface area contributed by atoms with E-state index in [-0.39, 0.29) is 23.9 Å². The van der Waals surface area contributed by atoms with Gasteiger partial charge in [0.25, 0.3) is 5.69 Å². The van der Waals surface area contributed by atoms with E-state index in [1.54, 1.807) is 26.8 Å². The summed E-state index contributed by atoms with van der Waals surface area (Å²) in [6.07, 6.45) is -0.358. The smallest absolute Gasteiger partial charge is 0.338 e. The molecule has 0 fully saturated rings. The molecule has 156 valence electrons. The lowest BCUT2D eigenvalue weighted by atomic mass is 9.94. The number of hydrogen-bond acceptors (Lipinski definition) is 5. The van der Waals surface area contributed by atoms with Crippen LogP contribution in [0.25, 0.3) is 0 Å². The molecule has 8 nitrogen and oxygen atoms in total. The number of hydrogen-bond donors (Lipinski definition) is 1. The first-order chi connectivity index (χ1) is 14.3. The highest BCUT2D eigenvalue weighted by Gasteiger charge is 2.37. The number of ether oxygens (including phenoxy) is 1. The molecule has 2 amide bonds. The number of carbonyl (C=O) groups excluding carboxylic acids is 2. The molecule has 1 N–H and O–H groups in total. The highest BCUT2D eigenvalue weighted by Crippen LogP contribution is 2.33. The van der Waals surface area contributed by atoms with E-state index in [0.29, 0.717) is 11.3 Å². The highest BCUT2D eigenvalue weighted by molar-refractivity contribution is 5.95. The van der Waals surface area contributed by atoms with Gasteiger partial charge >= 0.3 is 12.0 Å². The molecule has 8 heteroatoms. The van der Waals surface area contributed by atoms with Gasteiger partial charge in [-0.1, -0.05) is 42.5 Å². The van der Waals surface area contributed by atoms with E-state index in [1.807, 2.05) is 30.3 Å². The van der Waals surface area contributed by atoms with Gasteiger partial charge in [-0.05, 0) is 31.9 Å². The molecule has 3 rings (SSSR count). The molecule has 0 aliphatic carbocycles. The van der Waals surface area contributed by atoms with Crippen LogP contribution < -0.4 is 5.32 Å². The Morgan fingerprint density at radius 3 is 2.53 bits per heavy atom. The maximum absolute atomic E-state index is 12.9. The normalized spacial score (nSPS) is 16.5. The Labute approximate surface area is 174 Å². The van der Waals surface area contributed by atoms with Gasteiger partial charge in [-0.25, -0.2) is 9.59 Å². The molecule has 1 atom stereocenters. The summed E-state index contributed by atoms with van der Waals surface area (Å²) in [6.45, 7) is 5.43. The molecule has 2 aromatic carbocycles. The standard InChI is InChI=1S/C22H23N3O5/c1-14(2)30-21(26)19-15(3)24(13-16-8-5-4-6-9-16)22(27)23-20(19)17-10-7-11-18(12-17)25(28)29/h4-12,14,20H,13H2,1-3H3,(H,23,27). The number of non-ortho nitro benzene ring substituents is 1. The number of allylic oxidation sites excluding steroid dienone is 1. The number of nitrogens with zero attached hydrogens (tertiary/aromatic N) is 2. The number of nitro benzene ring substituents is 1. The van der Waals surface area contributed by atoms with Gasteiger partial charge in [-0.3, -0.25) is 15.0 Å². The van der Waals surface area contributed by atoms with E-state index in [2.05, 4.69) is 5.32 Å². The molecule has 0 bridgehead atoms. The Morgan fingerprint density at radius 1 is 1.20 bits per heavy atom. The molecular formula is C22H23N3O5. The Bertz CT molecular complexity index is 1000. The van der Waals surface area contributed by atoms with Crippen molar-refractivity contribution in [2.75, 3.05) is 0 Å². The minimum absolute atomic E-state index is 0.123. The van der Waals surface area contributed by atoms with Crippen molar-refractivity contribution < 1.29 is 19.2 Å². The average Bonchev–Trinajstić information content (AvgIpc) is 2.71. The van der Waals surface area contributed by atoms with Gasteiger partial charge < -0.3 is 10.1 Å². The summed E-state index contributed by atoms with van der Waals surface area (Å²) in [7, 11) is 0. The van der Waals surface area contributed by atoms with E-state index >= 15 is 0 Å². The van der Waals surface area contributed by atoms with Crippen LogP contribution in [0, 0.1) is 10.1 Å². The van der Waals surface area contributed by atoms with E-state index in [1.165, 1.54) is 23.1 Å². The highest BCUT2D eigenvalue weighted by atomic mass is 16.6. The number of amides is 2. The van der Waals surface area contributed by atoms with Crippen LogP contribution in [0.1, 0.15) is 37.9 Å². The van der Waals surface area contributed by atoms with Crippen molar-refractivity contribution in [3.05, 3.63) is 87.1 Å². The van der Waals surface area contributed by atoms with Crippen molar-refractivity contribution in [2.45, 2.75) is 39.5 Å². The summed E-state index contributed by atoms with van der Waals surface area (Å²) >= 11 is 0. The average molecular weight is 409 g/mol. The van der Waals surface area contributed by atoms with Crippen LogP contribution in [0.15, 0.2) is 65.9 Å². The third-order valence-electron chi connectivity index (χ3n) is 4.76. The summed E-state index contributed by atoms with van der Waals surface area (Å²) in [6, 6.07) is 14.0. The summed E-state index contributed by atoms with van der Waals surface area (Å²) in [5, 5.41) is 14.0. The summed E-state index contributed by atoms with van der Waals surface area (Å²) in [5.74, 6) is -0.572. The number of carbonyl (C=O) groups is 2. The molecule has 1 aliphatic rings. The van der Waals surface area contributed by atoms with Gasteiger partial charge in [-0.15, -0.1) is 0 Å². The summed E-state index contributed by atoms with van der Waals surface area (Å²) in [5.41, 5.74) is 1.91. The van der Waals surface area contributed by atoms with Crippen LogP contribution in [-0.4, -0.2) is 27.9 Å². The second-order valence-corrected chi connectivity index (χ2v) is 7.26. The fourth-order valence-corrected chi connectivity index (χ4v) is 3.35. The molecule has 0 saturated heterocycles. The fourth-order valence-electron chi connectivity index (χ4n) is 3.35. The van der Waals surface area contributed by atoms with Gasteiger partial charge in [0.05, 0.1) is 29.2 Å². The SMILES string of the molecule is CC1=C(C(=O)OC(C)C)C(c2cccc([N+](=O)[O-])c2)NC(=O)N1Cc1ccccc1. The Hall–Kier alpha value is -3.68. The number of esters is 1. The van der Waals surface area contributed by atoms with Crippen molar-refractivity contribution in [2.24, 2.45) is 0 Å². The quantitative estimate of drug-likeness (QED) is 0.440. The lowest BCUT2D eigenvalue weighted by molar-refractivity contribution is -0.384. The zero-order chi connectivity index (χ0) is 21.8. The van der Waals surface area contributed by atoms with Gasteiger partial charge in [-0.2, -0.15) is 0 Å². The molecule has 1 aliphatic heterocycles. The first-order valence-electron chi connectivity index (χ1n) is 9.56. The number of urea groups is 1. The maximum Gasteiger partial charge on any atom is 0.338 e. The van der Waals surface area contributed by atoms with Crippen molar-refractivity contribution in [3.8, 4) is 0 Å². The Kier molecular flexibility index (Phi) is 6.15. The molecule has 0 aromatic heterocycles. The second-order valence-electron chi connectivity index (χ2n) is 7.26. The summed E-state index contributed by atoms with van der Waals surface area (Å²) in [4.78, 5) is 38.0. The zero-order valence-electron chi connectivity index (χ0n) is 17.0. The molecule has 30 heavy (non-hydrogen) atoms. The predicted octanol–water partition coefficient (Wildman–Crippen LogP) is 4.09. The molecule has 2 aromatic rings. The zero-order valence-corrected chi connectivity index (χ0v) is 17.0. The Balaban J connectivity index is 2.06. The van der Waals surface area contributed by atoms with Crippen molar-refractivity contribution in [3.63, 3.8) is 0 Å². The van der Waals surface area contributed by atoms with E-state index in [4.69, 9.17) is 4.74 Å². The van der Waals surface area contributed by atoms with Crippen molar-refractivity contribution >= 4 is 17.7 Å². The van der Waals surface area contributed by atoms with Gasteiger partial charge in [0.1, 0.15) is 0 Å². The topological polar surface area (TPSA) is 102 Å². The van der Waals surface area contributed by atoms with E-state index in [0.717, 1.165) is 5.56 Å². The Morgan fingerprint density at radius 2 is 1.90 bits per heavy atom. The van der Waals surface area contributed by atoms with Gasteiger partial charge in [0.2, 0.25) is 0 Å². The van der Waals surface area contributed by atoms with Crippen LogP contribution in [-0.2, 0) is 16.1 Å². The van der Waals surface area contributed by atoms with Crippen LogP contribution >= 0.6 is 0 Å². The van der Waals surface area contributed by atoms with Gasteiger partial charge in [0.15, 0.2) is 0 Å². The number of nitrogens with one attached hydrogen (secondary N) is 1. The maximum atomic E-state index is 12.9. The monoisotopic (exact) mass is 409 g/mol. The third-order valence-corrected chi connectivity index (χ3v) is 4.76. The van der Waals surface area contributed by atoms with E-state index < -0.39 is 23.0 Å². The van der Waals surface area contributed by atoms with Crippen LogP contribution in [0.3, 0.4) is 0 Å². The van der Waals surface area contributed by atoms with Crippen LogP contribution in [0.4, 0.5) is 10.5 Å². The van der Waals surface area contributed by atoms with Crippen LogP contribution in [0.2, 0.25) is 0 Å². The lowest BCUT2D eigenvalue weighted by Gasteiger charge is -2.35. The van der Waals surface area contributed by atoms with Crippen LogP contribution in [0.5, 0.6) is 0 Å². The fraction of sp³-hybridized carbons (Fsp3) is 0.273. The minimum Gasteiger partial charge on any atom is -0.459 e. The molecule has 1 unspecified atom stereocenters. The second kappa shape index (κ2) is 8.77. The number of nitro groups is 1. The third kappa shape index (κ3) is 4.48. The molecular weight excluding hydrogens is 386 g/mol. The predicted molar refractivity (Wildman–Crippen MR) is 110 cm³/mol. The number of rotatable bonds is 6. The first kappa shape index (κ1) is 21.0. The lowest BCUT2D eigenvalue weighted by Crippen LogP contribution is -2.47. The van der Waals surface area contributed by atoms with Crippen molar-refractivity contribution in [1.82, 2.24) is 10.2 Å².